The van der Waals surface area contributed by atoms with Crippen molar-refractivity contribution < 1.29 is 9.18 Å². The van der Waals surface area contributed by atoms with Crippen LogP contribution in [0.25, 0.3) is 0 Å². The number of carbonyl (C=O) groups excluding carboxylic acids is 1. The van der Waals surface area contributed by atoms with Crippen LogP contribution in [0.1, 0.15) is 29.4 Å². The van der Waals surface area contributed by atoms with E-state index in [1.165, 1.54) is 0 Å². The summed E-state index contributed by atoms with van der Waals surface area (Å²) in [6.07, 6.45) is 1.03. The fourth-order valence-corrected chi connectivity index (χ4v) is 1.68. The normalized spacial score (nSPS) is 30.4. The molecule has 0 amide bonds. The molecule has 4 heteroatoms. The largest absolute Gasteiger partial charge is 0.293 e. The lowest BCUT2D eigenvalue weighted by Gasteiger charge is -2.04. The minimum atomic E-state index is -0.977. The van der Waals surface area contributed by atoms with Gasteiger partial charge in [-0.2, -0.15) is 5.10 Å². The molecule has 1 aromatic rings. The highest BCUT2D eigenvalue weighted by Gasteiger charge is 2.57. The summed E-state index contributed by atoms with van der Waals surface area (Å²) in [4.78, 5) is 11.9. The first-order valence-corrected chi connectivity index (χ1v) is 4.64. The van der Waals surface area contributed by atoms with Gasteiger partial charge in [0.15, 0.2) is 5.78 Å². The van der Waals surface area contributed by atoms with Crippen molar-refractivity contribution in [2.75, 3.05) is 0 Å². The van der Waals surface area contributed by atoms with Crippen molar-refractivity contribution in [3.05, 3.63) is 17.5 Å². The van der Waals surface area contributed by atoms with Crippen molar-refractivity contribution in [1.29, 1.82) is 0 Å². The van der Waals surface area contributed by atoms with Crippen molar-refractivity contribution in [3.8, 4) is 0 Å². The van der Waals surface area contributed by atoms with Crippen LogP contribution < -0.4 is 0 Å². The molecule has 2 rings (SSSR count). The van der Waals surface area contributed by atoms with Crippen LogP contribution in [-0.2, 0) is 7.05 Å². The number of hydrogen-bond acceptors (Lipinski definition) is 2. The number of Topliss-reactive ketones (excluding diaryl/α,β-unsaturated/α-hetero) is 1. The van der Waals surface area contributed by atoms with Gasteiger partial charge in [-0.05, 0) is 20.3 Å². The Kier molecular flexibility index (Phi) is 1.77. The standard InChI is InChI=1S/C10H13FN2O/c1-6-7(5-13(3)12-6)9(14)10(2)4-8(10)11/h5,8H,4H2,1-3H3. The minimum absolute atomic E-state index is 0.115. The van der Waals surface area contributed by atoms with E-state index < -0.39 is 11.6 Å². The van der Waals surface area contributed by atoms with Crippen molar-refractivity contribution in [2.45, 2.75) is 26.4 Å². The summed E-state index contributed by atoms with van der Waals surface area (Å²) in [5.74, 6) is -0.115. The third-order valence-corrected chi connectivity index (χ3v) is 2.91. The number of alkyl halides is 1. The van der Waals surface area contributed by atoms with Crippen LogP contribution in [0.15, 0.2) is 6.20 Å². The van der Waals surface area contributed by atoms with E-state index in [1.54, 1.807) is 31.8 Å². The molecule has 76 valence electrons. The Morgan fingerprint density at radius 3 is 2.71 bits per heavy atom. The van der Waals surface area contributed by atoms with Gasteiger partial charge in [-0.15, -0.1) is 0 Å². The van der Waals surface area contributed by atoms with E-state index in [0.717, 1.165) is 0 Å². The molecule has 1 fully saturated rings. The predicted molar refractivity (Wildman–Crippen MR) is 49.9 cm³/mol. The average molecular weight is 196 g/mol. The molecule has 0 aromatic carbocycles. The van der Waals surface area contributed by atoms with E-state index in [4.69, 9.17) is 0 Å². The Bertz CT molecular complexity index is 399. The van der Waals surface area contributed by atoms with Crippen LogP contribution in [0.2, 0.25) is 0 Å². The van der Waals surface area contributed by atoms with E-state index in [-0.39, 0.29) is 5.78 Å². The molecule has 1 aromatic heterocycles. The molecule has 0 aliphatic heterocycles. The molecule has 0 N–H and O–H groups in total. The third kappa shape index (κ3) is 1.17. The molecule has 0 saturated heterocycles. The van der Waals surface area contributed by atoms with Gasteiger partial charge in [0, 0.05) is 13.2 Å². The van der Waals surface area contributed by atoms with E-state index in [1.807, 2.05) is 0 Å². The number of halogens is 1. The van der Waals surface area contributed by atoms with Gasteiger partial charge >= 0.3 is 0 Å². The van der Waals surface area contributed by atoms with Gasteiger partial charge in [0.25, 0.3) is 0 Å². The molecule has 1 heterocycles. The fourth-order valence-electron chi connectivity index (χ4n) is 1.68. The molecule has 1 aliphatic carbocycles. The molecule has 0 bridgehead atoms. The van der Waals surface area contributed by atoms with Crippen LogP contribution in [0.5, 0.6) is 0 Å². The number of aryl methyl sites for hydroxylation is 2. The maximum Gasteiger partial charge on any atom is 0.175 e. The number of carbonyl (C=O) groups is 1. The summed E-state index contributed by atoms with van der Waals surface area (Å²) >= 11 is 0. The molecule has 14 heavy (non-hydrogen) atoms. The monoisotopic (exact) mass is 196 g/mol. The molecule has 2 atom stereocenters. The zero-order chi connectivity index (χ0) is 10.5. The average Bonchev–Trinajstić information content (AvgIpc) is 2.54. The first kappa shape index (κ1) is 9.37. The molecule has 1 saturated carbocycles. The number of hydrogen-bond donors (Lipinski definition) is 0. The maximum absolute atomic E-state index is 13.0. The Morgan fingerprint density at radius 1 is 1.79 bits per heavy atom. The fraction of sp³-hybridized carbons (Fsp3) is 0.600. The summed E-state index contributed by atoms with van der Waals surface area (Å²) in [6, 6.07) is 0. The third-order valence-electron chi connectivity index (χ3n) is 2.91. The van der Waals surface area contributed by atoms with Crippen molar-refractivity contribution in [2.24, 2.45) is 12.5 Å². The molecular formula is C10H13FN2O. The van der Waals surface area contributed by atoms with Crippen LogP contribution in [0.4, 0.5) is 4.39 Å². The second-order valence-corrected chi connectivity index (χ2v) is 4.22. The number of ketones is 1. The zero-order valence-electron chi connectivity index (χ0n) is 8.54. The summed E-state index contributed by atoms with van der Waals surface area (Å²) < 4.78 is 14.6. The Balaban J connectivity index is 2.33. The van der Waals surface area contributed by atoms with Crippen molar-refractivity contribution in [3.63, 3.8) is 0 Å². The summed E-state index contributed by atoms with van der Waals surface area (Å²) in [5.41, 5.74) is 0.446. The SMILES string of the molecule is Cc1nn(C)cc1C(=O)C1(C)CC1F. The topological polar surface area (TPSA) is 34.9 Å². The maximum atomic E-state index is 13.0. The first-order chi connectivity index (χ1) is 6.45. The molecule has 3 nitrogen and oxygen atoms in total. The molecular weight excluding hydrogens is 183 g/mol. The number of rotatable bonds is 2. The molecule has 2 unspecified atom stereocenters. The first-order valence-electron chi connectivity index (χ1n) is 4.64. The van der Waals surface area contributed by atoms with Gasteiger partial charge in [0.05, 0.1) is 16.7 Å². The lowest BCUT2D eigenvalue weighted by molar-refractivity contribution is 0.0892. The van der Waals surface area contributed by atoms with Crippen molar-refractivity contribution in [1.82, 2.24) is 9.78 Å². The van der Waals surface area contributed by atoms with Gasteiger partial charge in [-0.1, -0.05) is 0 Å². The highest BCUT2D eigenvalue weighted by Crippen LogP contribution is 2.50. The highest BCUT2D eigenvalue weighted by atomic mass is 19.1. The van der Waals surface area contributed by atoms with E-state index in [2.05, 4.69) is 5.10 Å². The summed E-state index contributed by atoms with van der Waals surface area (Å²) in [5, 5.41) is 4.07. The Morgan fingerprint density at radius 2 is 2.36 bits per heavy atom. The van der Waals surface area contributed by atoms with Gasteiger partial charge in [-0.25, -0.2) is 4.39 Å². The highest BCUT2D eigenvalue weighted by molar-refractivity contribution is 6.03. The van der Waals surface area contributed by atoms with Gasteiger partial charge in [-0.3, -0.25) is 9.48 Å². The van der Waals surface area contributed by atoms with Crippen LogP contribution in [0, 0.1) is 12.3 Å². The Hall–Kier alpha value is -1.19. The number of aromatic nitrogens is 2. The zero-order valence-corrected chi connectivity index (χ0v) is 8.54. The van der Waals surface area contributed by atoms with E-state index >= 15 is 0 Å². The molecule has 0 radical (unpaired) electrons. The second kappa shape index (κ2) is 2.65. The van der Waals surface area contributed by atoms with Gasteiger partial charge in [0.1, 0.15) is 6.17 Å². The second-order valence-electron chi connectivity index (χ2n) is 4.22. The minimum Gasteiger partial charge on any atom is -0.293 e. The lowest BCUT2D eigenvalue weighted by atomic mass is 9.97. The Labute approximate surface area is 81.9 Å². The summed E-state index contributed by atoms with van der Waals surface area (Å²) in [6.45, 7) is 3.44. The van der Waals surface area contributed by atoms with Gasteiger partial charge in [0.2, 0.25) is 0 Å². The van der Waals surface area contributed by atoms with Gasteiger partial charge < -0.3 is 0 Å². The summed E-state index contributed by atoms with van der Waals surface area (Å²) in [7, 11) is 1.76. The molecule has 1 aliphatic rings. The lowest BCUT2D eigenvalue weighted by Crippen LogP contribution is -2.15. The van der Waals surface area contributed by atoms with Crippen LogP contribution >= 0.6 is 0 Å². The predicted octanol–water partition coefficient (Wildman–Crippen LogP) is 1.66. The van der Waals surface area contributed by atoms with E-state index in [9.17, 15) is 9.18 Å². The van der Waals surface area contributed by atoms with Crippen LogP contribution in [0.3, 0.4) is 0 Å². The van der Waals surface area contributed by atoms with E-state index in [0.29, 0.717) is 17.7 Å². The molecule has 0 spiro atoms. The van der Waals surface area contributed by atoms with Crippen LogP contribution in [-0.4, -0.2) is 21.7 Å². The quantitative estimate of drug-likeness (QED) is 0.674. The van der Waals surface area contributed by atoms with Crippen molar-refractivity contribution >= 4 is 5.78 Å². The number of nitrogens with zero attached hydrogens (tertiary/aromatic N) is 2. The smallest absolute Gasteiger partial charge is 0.175 e.